The lowest BCUT2D eigenvalue weighted by Gasteiger charge is -2.15. The van der Waals surface area contributed by atoms with Crippen molar-refractivity contribution in [1.82, 2.24) is 9.97 Å². The highest BCUT2D eigenvalue weighted by Crippen LogP contribution is 2.23. The van der Waals surface area contributed by atoms with Gasteiger partial charge in [0.05, 0.1) is 23.6 Å². The van der Waals surface area contributed by atoms with Gasteiger partial charge in [0.15, 0.2) is 17.5 Å². The molecule has 0 aliphatic heterocycles. The molecule has 2 aromatic rings. The second-order valence-corrected chi connectivity index (χ2v) is 3.72. The van der Waals surface area contributed by atoms with E-state index < -0.39 is 17.5 Å². The van der Waals surface area contributed by atoms with E-state index in [2.05, 4.69) is 15.3 Å². The van der Waals surface area contributed by atoms with Gasteiger partial charge in [-0.15, -0.1) is 0 Å². The van der Waals surface area contributed by atoms with Crippen LogP contribution in [0.3, 0.4) is 0 Å². The molecule has 1 atom stereocenters. The molecular weight excluding hydrogens is 243 g/mol. The van der Waals surface area contributed by atoms with Gasteiger partial charge in [-0.3, -0.25) is 9.97 Å². The van der Waals surface area contributed by atoms with E-state index in [1.54, 1.807) is 6.92 Å². The Bertz CT molecular complexity index is 546. The molecule has 0 radical (unpaired) electrons. The Morgan fingerprint density at radius 1 is 1.11 bits per heavy atom. The minimum Gasteiger partial charge on any atom is -0.374 e. The average Bonchev–Trinajstić information content (AvgIpc) is 2.40. The predicted molar refractivity (Wildman–Crippen MR) is 60.4 cm³/mol. The van der Waals surface area contributed by atoms with Crippen molar-refractivity contribution in [3.63, 3.8) is 0 Å². The number of rotatable bonds is 3. The lowest BCUT2D eigenvalue weighted by molar-refractivity contribution is 0.448. The topological polar surface area (TPSA) is 37.8 Å². The third-order valence-electron chi connectivity index (χ3n) is 2.43. The van der Waals surface area contributed by atoms with Gasteiger partial charge in [-0.1, -0.05) is 0 Å². The highest BCUT2D eigenvalue weighted by Gasteiger charge is 2.15. The van der Waals surface area contributed by atoms with Crippen LogP contribution >= 0.6 is 0 Å². The molecule has 1 unspecified atom stereocenters. The van der Waals surface area contributed by atoms with Crippen LogP contribution in [-0.4, -0.2) is 9.97 Å². The first kappa shape index (κ1) is 12.3. The van der Waals surface area contributed by atoms with Crippen LogP contribution in [0.25, 0.3) is 0 Å². The number of nitrogens with zero attached hydrogens (tertiary/aromatic N) is 2. The Hall–Kier alpha value is -2.11. The molecule has 1 aromatic carbocycles. The molecule has 0 fully saturated rings. The van der Waals surface area contributed by atoms with Crippen molar-refractivity contribution in [3.05, 3.63) is 53.9 Å². The molecule has 0 bridgehead atoms. The third-order valence-corrected chi connectivity index (χ3v) is 2.43. The molecule has 3 nitrogen and oxygen atoms in total. The van der Waals surface area contributed by atoms with E-state index in [0.717, 1.165) is 12.1 Å². The second-order valence-electron chi connectivity index (χ2n) is 3.72. The number of benzene rings is 1. The van der Waals surface area contributed by atoms with Gasteiger partial charge < -0.3 is 5.32 Å². The van der Waals surface area contributed by atoms with Gasteiger partial charge in [0.1, 0.15) is 0 Å². The van der Waals surface area contributed by atoms with Gasteiger partial charge >= 0.3 is 0 Å². The van der Waals surface area contributed by atoms with Gasteiger partial charge in [0.25, 0.3) is 0 Å². The molecule has 0 amide bonds. The quantitative estimate of drug-likeness (QED) is 0.854. The number of anilines is 1. The van der Waals surface area contributed by atoms with Gasteiger partial charge in [-0.05, 0) is 19.1 Å². The molecule has 0 spiro atoms. The Balaban J connectivity index is 2.22. The SMILES string of the molecule is CC(Nc1ccc(F)c(F)c1F)c1cnccn1. The van der Waals surface area contributed by atoms with Gasteiger partial charge in [-0.2, -0.15) is 0 Å². The molecule has 0 aliphatic carbocycles. The van der Waals surface area contributed by atoms with E-state index in [1.165, 1.54) is 18.6 Å². The summed E-state index contributed by atoms with van der Waals surface area (Å²) in [7, 11) is 0. The predicted octanol–water partition coefficient (Wildman–Crippen LogP) is 3.07. The van der Waals surface area contributed by atoms with Crippen molar-refractivity contribution in [2.45, 2.75) is 13.0 Å². The van der Waals surface area contributed by atoms with Crippen molar-refractivity contribution in [1.29, 1.82) is 0 Å². The monoisotopic (exact) mass is 253 g/mol. The highest BCUT2D eigenvalue weighted by atomic mass is 19.2. The Kier molecular flexibility index (Phi) is 3.45. The summed E-state index contributed by atoms with van der Waals surface area (Å²) < 4.78 is 39.2. The van der Waals surface area contributed by atoms with Crippen molar-refractivity contribution < 1.29 is 13.2 Å². The van der Waals surface area contributed by atoms with E-state index in [0.29, 0.717) is 5.69 Å². The molecule has 1 heterocycles. The minimum absolute atomic E-state index is 0.118. The summed E-state index contributed by atoms with van der Waals surface area (Å²) in [6, 6.07) is 1.63. The first-order chi connectivity index (χ1) is 8.59. The number of aromatic nitrogens is 2. The summed E-state index contributed by atoms with van der Waals surface area (Å²) in [4.78, 5) is 7.90. The smallest absolute Gasteiger partial charge is 0.196 e. The summed E-state index contributed by atoms with van der Waals surface area (Å²) in [5, 5.41) is 2.71. The van der Waals surface area contributed by atoms with Gasteiger partial charge in [0.2, 0.25) is 0 Å². The zero-order valence-electron chi connectivity index (χ0n) is 9.49. The van der Waals surface area contributed by atoms with E-state index in [1.807, 2.05) is 0 Å². The second kappa shape index (κ2) is 5.03. The lowest BCUT2D eigenvalue weighted by Crippen LogP contribution is -2.10. The normalized spacial score (nSPS) is 12.2. The summed E-state index contributed by atoms with van der Waals surface area (Å²) in [6.45, 7) is 1.71. The van der Waals surface area contributed by atoms with Crippen LogP contribution < -0.4 is 5.32 Å². The van der Waals surface area contributed by atoms with Crippen LogP contribution in [-0.2, 0) is 0 Å². The molecule has 94 valence electrons. The van der Waals surface area contributed by atoms with Crippen LogP contribution in [0.5, 0.6) is 0 Å². The van der Waals surface area contributed by atoms with Crippen molar-refractivity contribution in [3.8, 4) is 0 Å². The summed E-state index contributed by atoms with van der Waals surface area (Å²) >= 11 is 0. The summed E-state index contributed by atoms with van der Waals surface area (Å²) in [5.74, 6) is -3.96. The van der Waals surface area contributed by atoms with Crippen LogP contribution in [0.2, 0.25) is 0 Å². The van der Waals surface area contributed by atoms with Crippen molar-refractivity contribution in [2.24, 2.45) is 0 Å². The Morgan fingerprint density at radius 2 is 1.89 bits per heavy atom. The average molecular weight is 253 g/mol. The largest absolute Gasteiger partial charge is 0.374 e. The molecule has 2 rings (SSSR count). The van der Waals surface area contributed by atoms with Crippen LogP contribution in [0.15, 0.2) is 30.7 Å². The molecule has 6 heteroatoms. The van der Waals surface area contributed by atoms with E-state index >= 15 is 0 Å². The zero-order chi connectivity index (χ0) is 13.1. The maximum Gasteiger partial charge on any atom is 0.196 e. The van der Waals surface area contributed by atoms with Crippen molar-refractivity contribution >= 4 is 5.69 Å². The Labute approximate surface area is 102 Å². The number of hydrogen-bond donors (Lipinski definition) is 1. The molecule has 1 N–H and O–H groups in total. The minimum atomic E-state index is -1.49. The molecule has 0 saturated heterocycles. The van der Waals surface area contributed by atoms with Crippen LogP contribution in [0.1, 0.15) is 18.7 Å². The van der Waals surface area contributed by atoms with Crippen molar-refractivity contribution in [2.75, 3.05) is 5.32 Å². The number of nitrogens with one attached hydrogen (secondary N) is 1. The fourth-order valence-electron chi connectivity index (χ4n) is 1.48. The van der Waals surface area contributed by atoms with E-state index in [4.69, 9.17) is 0 Å². The lowest BCUT2D eigenvalue weighted by atomic mass is 10.2. The molecule has 1 aromatic heterocycles. The van der Waals surface area contributed by atoms with E-state index in [-0.39, 0.29) is 11.7 Å². The highest BCUT2D eigenvalue weighted by molar-refractivity contribution is 5.46. The van der Waals surface area contributed by atoms with Crippen LogP contribution in [0.4, 0.5) is 18.9 Å². The van der Waals surface area contributed by atoms with Crippen LogP contribution in [0, 0.1) is 17.5 Å². The Morgan fingerprint density at radius 3 is 2.56 bits per heavy atom. The maximum absolute atomic E-state index is 13.4. The first-order valence-electron chi connectivity index (χ1n) is 5.25. The fourth-order valence-corrected chi connectivity index (χ4v) is 1.48. The van der Waals surface area contributed by atoms with Gasteiger partial charge in [0, 0.05) is 12.4 Å². The zero-order valence-corrected chi connectivity index (χ0v) is 9.49. The maximum atomic E-state index is 13.4. The number of hydrogen-bond acceptors (Lipinski definition) is 3. The summed E-state index contributed by atoms with van der Waals surface area (Å²) in [6.07, 6.45) is 4.51. The standard InChI is InChI=1S/C12H10F3N3/c1-7(10-6-16-4-5-17-10)18-9-3-2-8(13)11(14)12(9)15/h2-7,18H,1H3. The third kappa shape index (κ3) is 2.42. The summed E-state index contributed by atoms with van der Waals surface area (Å²) in [5.41, 5.74) is 0.452. The fraction of sp³-hybridized carbons (Fsp3) is 0.167. The molecular formula is C12H10F3N3. The molecule has 18 heavy (non-hydrogen) atoms. The van der Waals surface area contributed by atoms with E-state index in [9.17, 15) is 13.2 Å². The first-order valence-corrected chi connectivity index (χ1v) is 5.25. The number of halogens is 3. The molecule has 0 aliphatic rings. The van der Waals surface area contributed by atoms with Gasteiger partial charge in [-0.25, -0.2) is 13.2 Å². The molecule has 0 saturated carbocycles.